The Morgan fingerprint density at radius 3 is 2.58 bits per heavy atom. The van der Waals surface area contributed by atoms with Gasteiger partial charge in [0.05, 0.1) is 21.5 Å². The van der Waals surface area contributed by atoms with Crippen molar-refractivity contribution < 1.29 is 9.13 Å². The van der Waals surface area contributed by atoms with Crippen molar-refractivity contribution >= 4 is 33.3 Å². The molecule has 0 saturated carbocycles. The Kier molecular flexibility index (Phi) is 4.82. The minimum absolute atomic E-state index is 0.0250. The monoisotopic (exact) mass is 337 g/mol. The molecular formula is C19H15NO3S. The van der Waals surface area contributed by atoms with Crippen LogP contribution in [0.1, 0.15) is 11.1 Å². The van der Waals surface area contributed by atoms with Gasteiger partial charge in [-0.3, -0.25) is 14.3 Å². The highest BCUT2D eigenvalue weighted by Gasteiger charge is 2.05. The summed E-state index contributed by atoms with van der Waals surface area (Å²) in [5.74, 6) is 0.410. The van der Waals surface area contributed by atoms with Crippen LogP contribution in [-0.4, -0.2) is 9.13 Å². The molecule has 120 valence electrons. The molecule has 1 atom stereocenters. The molecule has 4 nitrogen and oxygen atoms in total. The van der Waals surface area contributed by atoms with E-state index in [1.807, 2.05) is 42.5 Å². The van der Waals surface area contributed by atoms with Crippen LogP contribution in [0.3, 0.4) is 0 Å². The van der Waals surface area contributed by atoms with Gasteiger partial charge in [-0.15, -0.1) is 0 Å². The van der Waals surface area contributed by atoms with Crippen molar-refractivity contribution in [3.63, 3.8) is 0 Å². The van der Waals surface area contributed by atoms with Crippen LogP contribution in [-0.2, 0) is 16.6 Å². The zero-order chi connectivity index (χ0) is 16.9. The quantitative estimate of drug-likeness (QED) is 0.502. The van der Waals surface area contributed by atoms with E-state index in [2.05, 4.69) is 0 Å². The number of nitro benzene ring substituents is 1. The van der Waals surface area contributed by atoms with Gasteiger partial charge in [-0.2, -0.15) is 0 Å². The molecule has 0 aliphatic heterocycles. The predicted octanol–water partition coefficient (Wildman–Crippen LogP) is 4.67. The molecule has 3 aromatic rings. The van der Waals surface area contributed by atoms with E-state index in [-0.39, 0.29) is 5.69 Å². The number of benzene rings is 3. The summed E-state index contributed by atoms with van der Waals surface area (Å²) in [5.41, 5.74) is 1.71. The first-order valence-electron chi connectivity index (χ1n) is 7.40. The average Bonchev–Trinajstić information content (AvgIpc) is 2.60. The normalized spacial score (nSPS) is 12.5. The first kappa shape index (κ1) is 16.1. The Morgan fingerprint density at radius 1 is 1.00 bits per heavy atom. The second-order valence-electron chi connectivity index (χ2n) is 5.32. The molecule has 0 aliphatic carbocycles. The van der Waals surface area contributed by atoms with E-state index in [0.29, 0.717) is 11.3 Å². The second kappa shape index (κ2) is 7.19. The molecule has 0 aromatic heterocycles. The van der Waals surface area contributed by atoms with Crippen molar-refractivity contribution in [1.82, 2.24) is 0 Å². The van der Waals surface area contributed by atoms with Gasteiger partial charge in [-0.1, -0.05) is 54.6 Å². The lowest BCUT2D eigenvalue weighted by Gasteiger charge is -2.04. The van der Waals surface area contributed by atoms with Gasteiger partial charge in [0.2, 0.25) is 0 Å². The molecule has 1 unspecified atom stereocenters. The van der Waals surface area contributed by atoms with E-state index in [4.69, 9.17) is 0 Å². The highest BCUT2D eigenvalue weighted by molar-refractivity contribution is 7.87. The first-order valence-corrected chi connectivity index (χ1v) is 8.78. The van der Waals surface area contributed by atoms with Gasteiger partial charge >= 0.3 is 0 Å². The molecule has 0 spiro atoms. The van der Waals surface area contributed by atoms with Gasteiger partial charge < -0.3 is 0 Å². The number of fused-ring (bicyclic) bond motifs is 1. The van der Waals surface area contributed by atoms with Crippen molar-refractivity contribution in [2.24, 2.45) is 0 Å². The highest BCUT2D eigenvalue weighted by Crippen LogP contribution is 2.20. The summed E-state index contributed by atoms with van der Waals surface area (Å²) < 4.78 is 12.3. The van der Waals surface area contributed by atoms with Crippen molar-refractivity contribution in [3.05, 3.63) is 93.4 Å². The van der Waals surface area contributed by atoms with Crippen LogP contribution in [0.25, 0.3) is 16.8 Å². The molecule has 0 radical (unpaired) electrons. The molecule has 3 aromatic carbocycles. The smallest absolute Gasteiger partial charge is 0.258 e. The van der Waals surface area contributed by atoms with Crippen molar-refractivity contribution in [1.29, 1.82) is 0 Å². The standard InChI is InChI=1S/C19H15NO3S/c21-20(22)18-9-3-5-15(13-18)11-12-24(23)14-17-8-4-7-16-6-1-2-10-19(16)17/h1-13H,14H2/b12-11+. The molecule has 0 fully saturated rings. The van der Waals surface area contributed by atoms with Crippen LogP contribution in [0.5, 0.6) is 0 Å². The minimum atomic E-state index is -1.20. The van der Waals surface area contributed by atoms with Crippen LogP contribution in [0.2, 0.25) is 0 Å². The molecule has 0 aliphatic rings. The van der Waals surface area contributed by atoms with Gasteiger partial charge in [0, 0.05) is 17.5 Å². The third-order valence-corrected chi connectivity index (χ3v) is 4.71. The van der Waals surface area contributed by atoms with Gasteiger partial charge in [-0.05, 0) is 28.0 Å². The van der Waals surface area contributed by atoms with Crippen LogP contribution in [0, 0.1) is 10.1 Å². The summed E-state index contributed by atoms with van der Waals surface area (Å²) in [6.45, 7) is 0. The van der Waals surface area contributed by atoms with Crippen LogP contribution in [0.15, 0.2) is 72.1 Å². The summed E-state index contributed by atoms with van der Waals surface area (Å²) in [7, 11) is -1.20. The number of rotatable bonds is 5. The molecule has 5 heteroatoms. The predicted molar refractivity (Wildman–Crippen MR) is 97.9 cm³/mol. The summed E-state index contributed by atoms with van der Waals surface area (Å²) in [5, 5.41) is 14.6. The maximum atomic E-state index is 12.3. The van der Waals surface area contributed by atoms with Crippen LogP contribution in [0.4, 0.5) is 5.69 Å². The second-order valence-corrected chi connectivity index (χ2v) is 6.64. The molecule has 0 amide bonds. The Morgan fingerprint density at radius 2 is 1.75 bits per heavy atom. The lowest BCUT2D eigenvalue weighted by molar-refractivity contribution is -0.384. The van der Waals surface area contributed by atoms with Crippen LogP contribution >= 0.6 is 0 Å². The SMILES string of the molecule is O=[N+]([O-])c1cccc(/C=C/S(=O)Cc2cccc3ccccc23)c1. The van der Waals surface area contributed by atoms with Crippen molar-refractivity contribution in [3.8, 4) is 0 Å². The van der Waals surface area contributed by atoms with E-state index in [1.54, 1.807) is 23.6 Å². The summed E-state index contributed by atoms with van der Waals surface area (Å²) >= 11 is 0. The minimum Gasteiger partial charge on any atom is -0.258 e. The molecule has 24 heavy (non-hydrogen) atoms. The number of nitro groups is 1. The van der Waals surface area contributed by atoms with E-state index < -0.39 is 15.7 Å². The Hall–Kier alpha value is -2.79. The fraction of sp³-hybridized carbons (Fsp3) is 0.0526. The Balaban J connectivity index is 1.78. The number of non-ortho nitro benzene ring substituents is 1. The zero-order valence-electron chi connectivity index (χ0n) is 12.8. The maximum Gasteiger partial charge on any atom is 0.270 e. The molecule has 0 heterocycles. The molecular weight excluding hydrogens is 322 g/mol. The molecule has 0 N–H and O–H groups in total. The van der Waals surface area contributed by atoms with E-state index in [0.717, 1.165) is 16.3 Å². The fourth-order valence-corrected chi connectivity index (χ4v) is 3.48. The molecule has 0 saturated heterocycles. The number of nitrogens with zero attached hydrogens (tertiary/aromatic N) is 1. The van der Waals surface area contributed by atoms with E-state index in [9.17, 15) is 14.3 Å². The maximum absolute atomic E-state index is 12.3. The molecule has 3 rings (SSSR count). The van der Waals surface area contributed by atoms with E-state index in [1.165, 1.54) is 12.1 Å². The summed E-state index contributed by atoms with van der Waals surface area (Å²) in [4.78, 5) is 10.3. The topological polar surface area (TPSA) is 60.2 Å². The number of hydrogen-bond donors (Lipinski definition) is 0. The third-order valence-electron chi connectivity index (χ3n) is 3.67. The Bertz CT molecular complexity index is 945. The van der Waals surface area contributed by atoms with Gasteiger partial charge in [0.15, 0.2) is 0 Å². The van der Waals surface area contributed by atoms with Crippen LogP contribution < -0.4 is 0 Å². The summed E-state index contributed by atoms with van der Waals surface area (Å²) in [6.07, 6.45) is 1.66. The fourth-order valence-electron chi connectivity index (χ4n) is 2.52. The van der Waals surface area contributed by atoms with Gasteiger partial charge in [0.1, 0.15) is 0 Å². The number of hydrogen-bond acceptors (Lipinski definition) is 3. The largest absolute Gasteiger partial charge is 0.270 e. The van der Waals surface area contributed by atoms with Gasteiger partial charge in [0.25, 0.3) is 5.69 Å². The Labute approximate surface area is 142 Å². The summed E-state index contributed by atoms with van der Waals surface area (Å²) in [6, 6.07) is 20.2. The highest BCUT2D eigenvalue weighted by atomic mass is 32.2. The van der Waals surface area contributed by atoms with E-state index >= 15 is 0 Å². The first-order chi connectivity index (χ1) is 11.6. The van der Waals surface area contributed by atoms with Gasteiger partial charge in [-0.25, -0.2) is 0 Å². The van der Waals surface area contributed by atoms with Crippen molar-refractivity contribution in [2.45, 2.75) is 5.75 Å². The third kappa shape index (κ3) is 3.75. The average molecular weight is 337 g/mol. The lowest BCUT2D eigenvalue weighted by atomic mass is 10.1. The van der Waals surface area contributed by atoms with Crippen molar-refractivity contribution in [2.75, 3.05) is 0 Å². The zero-order valence-corrected chi connectivity index (χ0v) is 13.6. The lowest BCUT2D eigenvalue weighted by Crippen LogP contribution is -1.93. The molecule has 0 bridgehead atoms.